The van der Waals surface area contributed by atoms with Gasteiger partial charge in [0.15, 0.2) is 0 Å². The van der Waals surface area contributed by atoms with Gasteiger partial charge in [-0.2, -0.15) is 0 Å². The summed E-state index contributed by atoms with van der Waals surface area (Å²) < 4.78 is 5.87. The predicted molar refractivity (Wildman–Crippen MR) is 116 cm³/mol. The SMILES string of the molecule is Cc1cccc(OC(=O)N(c2cccc(C)c2C)c2cccc(C)c2C)c1C. The molecule has 0 aliphatic rings. The fraction of sp³-hybridized carbons (Fsp3) is 0.240. The van der Waals surface area contributed by atoms with Crippen molar-refractivity contribution in [2.24, 2.45) is 0 Å². The Morgan fingerprint density at radius 1 is 0.643 bits per heavy atom. The van der Waals surface area contributed by atoms with Gasteiger partial charge in [0.25, 0.3) is 0 Å². The van der Waals surface area contributed by atoms with Crippen molar-refractivity contribution in [2.45, 2.75) is 41.5 Å². The van der Waals surface area contributed by atoms with E-state index in [2.05, 4.69) is 26.0 Å². The van der Waals surface area contributed by atoms with Crippen molar-refractivity contribution in [1.29, 1.82) is 0 Å². The van der Waals surface area contributed by atoms with Gasteiger partial charge in [0.05, 0.1) is 11.4 Å². The van der Waals surface area contributed by atoms with Crippen LogP contribution >= 0.6 is 0 Å². The Labute approximate surface area is 167 Å². The molecule has 0 aliphatic carbocycles. The number of carbonyl (C=O) groups excluding carboxylic acids is 1. The zero-order chi connectivity index (χ0) is 20.4. The smallest absolute Gasteiger partial charge is 0.409 e. The molecule has 0 bridgehead atoms. The van der Waals surface area contributed by atoms with Gasteiger partial charge in [-0.3, -0.25) is 0 Å². The lowest BCUT2D eigenvalue weighted by Crippen LogP contribution is -2.30. The van der Waals surface area contributed by atoms with E-state index in [0.717, 1.165) is 44.8 Å². The minimum Gasteiger partial charge on any atom is -0.409 e. The second-order valence-corrected chi connectivity index (χ2v) is 7.34. The first-order valence-electron chi connectivity index (χ1n) is 9.52. The summed E-state index contributed by atoms with van der Waals surface area (Å²) in [5, 5.41) is 0. The number of carbonyl (C=O) groups is 1. The number of hydrogen-bond donors (Lipinski definition) is 0. The molecule has 3 aromatic rings. The van der Waals surface area contributed by atoms with Crippen molar-refractivity contribution >= 4 is 17.5 Å². The summed E-state index contributed by atoms with van der Waals surface area (Å²) in [5.74, 6) is 0.589. The summed E-state index contributed by atoms with van der Waals surface area (Å²) >= 11 is 0. The summed E-state index contributed by atoms with van der Waals surface area (Å²) in [5.41, 5.74) is 8.11. The maximum absolute atomic E-state index is 13.4. The van der Waals surface area contributed by atoms with Gasteiger partial charge in [-0.25, -0.2) is 9.69 Å². The quantitative estimate of drug-likeness (QED) is 0.501. The van der Waals surface area contributed by atoms with E-state index in [1.165, 1.54) is 0 Å². The number of anilines is 2. The molecule has 0 N–H and O–H groups in total. The first-order valence-corrected chi connectivity index (χ1v) is 9.52. The van der Waals surface area contributed by atoms with Crippen LogP contribution in [0, 0.1) is 41.5 Å². The minimum atomic E-state index is -0.406. The molecule has 0 saturated carbocycles. The monoisotopic (exact) mass is 373 g/mol. The molecule has 0 aliphatic heterocycles. The van der Waals surface area contributed by atoms with Crippen LogP contribution in [0.5, 0.6) is 5.75 Å². The molecule has 0 aromatic heterocycles. The van der Waals surface area contributed by atoms with E-state index in [9.17, 15) is 4.79 Å². The molecule has 0 spiro atoms. The number of nitrogens with zero attached hydrogens (tertiary/aromatic N) is 1. The van der Waals surface area contributed by atoms with Gasteiger partial charge in [0, 0.05) is 0 Å². The molecule has 3 rings (SSSR count). The Morgan fingerprint density at radius 2 is 1.07 bits per heavy atom. The van der Waals surface area contributed by atoms with E-state index >= 15 is 0 Å². The fourth-order valence-electron chi connectivity index (χ4n) is 3.26. The van der Waals surface area contributed by atoms with Gasteiger partial charge in [-0.15, -0.1) is 0 Å². The largest absolute Gasteiger partial charge is 0.424 e. The summed E-state index contributed by atoms with van der Waals surface area (Å²) in [6, 6.07) is 17.7. The molecular weight excluding hydrogens is 346 g/mol. The van der Waals surface area contributed by atoms with Gasteiger partial charge in [0.2, 0.25) is 0 Å². The molecule has 0 unspecified atom stereocenters. The van der Waals surface area contributed by atoms with E-state index in [1.807, 2.05) is 70.2 Å². The standard InChI is InChI=1S/C25H27NO2/c1-16-10-7-13-22(19(16)4)26(23-14-8-11-17(2)20(23)5)25(27)28-24-15-9-12-18(3)21(24)6/h7-15H,1-6H3. The second-order valence-electron chi connectivity index (χ2n) is 7.34. The third-order valence-corrected chi connectivity index (χ3v) is 5.57. The average Bonchev–Trinajstić information content (AvgIpc) is 2.66. The van der Waals surface area contributed by atoms with Gasteiger partial charge < -0.3 is 4.74 Å². The highest BCUT2D eigenvalue weighted by molar-refractivity contribution is 5.99. The molecule has 3 heteroatoms. The van der Waals surface area contributed by atoms with Crippen LogP contribution in [-0.4, -0.2) is 6.09 Å². The van der Waals surface area contributed by atoms with Crippen molar-refractivity contribution in [3.8, 4) is 5.75 Å². The van der Waals surface area contributed by atoms with E-state index in [0.29, 0.717) is 5.75 Å². The molecule has 28 heavy (non-hydrogen) atoms. The van der Waals surface area contributed by atoms with Gasteiger partial charge in [-0.1, -0.05) is 36.4 Å². The molecule has 0 atom stereocenters. The highest BCUT2D eigenvalue weighted by Crippen LogP contribution is 2.34. The van der Waals surface area contributed by atoms with Crippen molar-refractivity contribution in [2.75, 3.05) is 4.90 Å². The maximum Gasteiger partial charge on any atom is 0.424 e. The average molecular weight is 373 g/mol. The molecule has 0 saturated heterocycles. The van der Waals surface area contributed by atoms with Crippen LogP contribution in [0.1, 0.15) is 33.4 Å². The second kappa shape index (κ2) is 7.89. The molecule has 0 radical (unpaired) electrons. The van der Waals surface area contributed by atoms with Crippen LogP contribution in [0.2, 0.25) is 0 Å². The lowest BCUT2D eigenvalue weighted by Gasteiger charge is -2.27. The minimum absolute atomic E-state index is 0.406. The van der Waals surface area contributed by atoms with Gasteiger partial charge in [-0.05, 0) is 93.1 Å². The van der Waals surface area contributed by atoms with Gasteiger partial charge >= 0.3 is 6.09 Å². The number of hydrogen-bond acceptors (Lipinski definition) is 2. The van der Waals surface area contributed by atoms with Crippen LogP contribution in [0.3, 0.4) is 0 Å². The molecule has 3 aromatic carbocycles. The maximum atomic E-state index is 13.4. The van der Waals surface area contributed by atoms with E-state index < -0.39 is 6.09 Å². The third-order valence-electron chi connectivity index (χ3n) is 5.57. The summed E-state index contributed by atoms with van der Waals surface area (Å²) in [4.78, 5) is 15.1. The molecule has 1 amide bonds. The number of aryl methyl sites for hydroxylation is 3. The zero-order valence-corrected chi connectivity index (χ0v) is 17.5. The highest BCUT2D eigenvalue weighted by atomic mass is 16.6. The fourth-order valence-corrected chi connectivity index (χ4v) is 3.26. The number of amides is 1. The Morgan fingerprint density at radius 3 is 1.57 bits per heavy atom. The van der Waals surface area contributed by atoms with E-state index in [1.54, 1.807) is 4.90 Å². The number of benzene rings is 3. The molecule has 0 fully saturated rings. The van der Waals surface area contributed by atoms with Crippen molar-refractivity contribution in [3.05, 3.63) is 88.0 Å². The number of rotatable bonds is 3. The van der Waals surface area contributed by atoms with Gasteiger partial charge in [0.1, 0.15) is 5.75 Å². The Bertz CT molecular complexity index is 985. The molecule has 0 heterocycles. The lowest BCUT2D eigenvalue weighted by atomic mass is 10.0. The Kier molecular flexibility index (Phi) is 5.55. The van der Waals surface area contributed by atoms with Crippen LogP contribution in [0.25, 0.3) is 0 Å². The van der Waals surface area contributed by atoms with Crippen LogP contribution in [0.4, 0.5) is 16.2 Å². The van der Waals surface area contributed by atoms with Crippen LogP contribution in [0.15, 0.2) is 54.6 Å². The topological polar surface area (TPSA) is 29.5 Å². The normalized spacial score (nSPS) is 10.6. The first kappa shape index (κ1) is 19.7. The van der Waals surface area contributed by atoms with Crippen molar-refractivity contribution in [3.63, 3.8) is 0 Å². The summed E-state index contributed by atoms with van der Waals surface area (Å²) in [6.45, 7) is 12.2. The van der Waals surface area contributed by atoms with E-state index in [-0.39, 0.29) is 0 Å². The third kappa shape index (κ3) is 3.65. The highest BCUT2D eigenvalue weighted by Gasteiger charge is 2.25. The van der Waals surface area contributed by atoms with Crippen LogP contribution in [-0.2, 0) is 0 Å². The molecule has 144 valence electrons. The lowest BCUT2D eigenvalue weighted by molar-refractivity contribution is 0.210. The number of ether oxygens (including phenoxy) is 1. The molecular formula is C25H27NO2. The Hall–Kier alpha value is -3.07. The first-order chi connectivity index (χ1) is 13.3. The Balaban J connectivity index is 2.13. The predicted octanol–water partition coefficient (Wildman–Crippen LogP) is 6.87. The van der Waals surface area contributed by atoms with E-state index in [4.69, 9.17) is 4.74 Å². The summed E-state index contributed by atoms with van der Waals surface area (Å²) in [7, 11) is 0. The van der Waals surface area contributed by atoms with Crippen molar-refractivity contribution < 1.29 is 9.53 Å². The van der Waals surface area contributed by atoms with Crippen molar-refractivity contribution in [1.82, 2.24) is 0 Å². The zero-order valence-electron chi connectivity index (χ0n) is 17.5. The molecule has 3 nitrogen and oxygen atoms in total. The van der Waals surface area contributed by atoms with Crippen LogP contribution < -0.4 is 9.64 Å². The summed E-state index contributed by atoms with van der Waals surface area (Å²) in [6.07, 6.45) is -0.406.